The molecule has 1 N–H and O–H groups in total. The van der Waals surface area contributed by atoms with Crippen LogP contribution in [-0.2, 0) is 11.8 Å². The normalized spacial score (nSPS) is 12.2. The SMILES string of the molecule is Cc1cc(CC(C)(C)C)ccc1-c1c(C)ccnc1-c1cccc(-[n+]2[c-]n(-c3cc(C(C)(C)C)ccc3O)c3ccccc32)c1. The third kappa shape index (κ3) is 6.02. The van der Waals surface area contributed by atoms with Crippen molar-refractivity contribution in [1.29, 1.82) is 0 Å². The number of fused-ring (bicyclic) bond motifs is 1. The van der Waals surface area contributed by atoms with E-state index in [1.54, 1.807) is 6.07 Å². The Hall–Kier alpha value is -4.70. The van der Waals surface area contributed by atoms with E-state index in [4.69, 9.17) is 4.98 Å². The fourth-order valence-electron chi connectivity index (χ4n) is 6.24. The smallest absolute Gasteiger partial charge is 0.269 e. The molecule has 0 unspecified atom stereocenters. The highest BCUT2D eigenvalue weighted by atomic mass is 16.3. The Kier molecular flexibility index (Phi) is 7.64. The fraction of sp³-hybridized carbons (Fsp3) is 0.268. The van der Waals surface area contributed by atoms with E-state index in [1.807, 2.05) is 29.0 Å². The number of benzene rings is 4. The van der Waals surface area contributed by atoms with Crippen molar-refractivity contribution in [2.75, 3.05) is 0 Å². The van der Waals surface area contributed by atoms with Crippen LogP contribution in [0, 0.1) is 25.6 Å². The molecular formula is C41H43N3O. The molecule has 0 saturated heterocycles. The molecular weight excluding hydrogens is 550 g/mol. The van der Waals surface area contributed by atoms with Crippen LogP contribution in [0.4, 0.5) is 0 Å². The molecule has 0 spiro atoms. The van der Waals surface area contributed by atoms with Gasteiger partial charge < -0.3 is 5.11 Å². The van der Waals surface area contributed by atoms with Crippen LogP contribution in [-0.4, -0.2) is 14.7 Å². The van der Waals surface area contributed by atoms with Gasteiger partial charge in [-0.05, 0) is 94.8 Å². The van der Waals surface area contributed by atoms with Gasteiger partial charge in [0.1, 0.15) is 11.4 Å². The van der Waals surface area contributed by atoms with Crippen LogP contribution in [0.15, 0.2) is 97.2 Å². The van der Waals surface area contributed by atoms with Gasteiger partial charge in [-0.15, -0.1) is 0 Å². The largest absolute Gasteiger partial charge is 0.511 e. The molecule has 0 amide bonds. The lowest BCUT2D eigenvalue weighted by Gasteiger charge is -2.20. The topological polar surface area (TPSA) is 41.9 Å². The highest BCUT2D eigenvalue weighted by Crippen LogP contribution is 2.37. The number of para-hydroxylation sites is 2. The number of aromatic nitrogens is 3. The summed E-state index contributed by atoms with van der Waals surface area (Å²) in [5.74, 6) is 0.221. The first-order chi connectivity index (χ1) is 21.3. The molecule has 0 aliphatic rings. The van der Waals surface area contributed by atoms with E-state index in [1.165, 1.54) is 22.3 Å². The van der Waals surface area contributed by atoms with Gasteiger partial charge in [0.15, 0.2) is 0 Å². The van der Waals surface area contributed by atoms with Crippen molar-refractivity contribution in [3.63, 3.8) is 0 Å². The number of hydrogen-bond acceptors (Lipinski definition) is 2. The van der Waals surface area contributed by atoms with E-state index < -0.39 is 0 Å². The second kappa shape index (κ2) is 11.3. The zero-order valence-corrected chi connectivity index (χ0v) is 27.7. The van der Waals surface area contributed by atoms with E-state index in [9.17, 15) is 5.11 Å². The minimum atomic E-state index is -0.0561. The average molecular weight is 594 g/mol. The Labute approximate surface area is 267 Å². The monoisotopic (exact) mass is 593 g/mol. The highest BCUT2D eigenvalue weighted by Gasteiger charge is 2.20. The molecule has 0 radical (unpaired) electrons. The summed E-state index contributed by atoms with van der Waals surface area (Å²) in [6.07, 6.45) is 6.50. The van der Waals surface area contributed by atoms with Gasteiger partial charge in [-0.2, -0.15) is 0 Å². The van der Waals surface area contributed by atoms with Crippen LogP contribution >= 0.6 is 0 Å². The van der Waals surface area contributed by atoms with E-state index in [2.05, 4.69) is 133 Å². The van der Waals surface area contributed by atoms with Gasteiger partial charge in [0.25, 0.3) is 6.33 Å². The van der Waals surface area contributed by atoms with Crippen molar-refractivity contribution < 1.29 is 9.67 Å². The van der Waals surface area contributed by atoms with Gasteiger partial charge >= 0.3 is 0 Å². The van der Waals surface area contributed by atoms with Gasteiger partial charge in [-0.1, -0.05) is 102 Å². The van der Waals surface area contributed by atoms with E-state index in [0.29, 0.717) is 5.69 Å². The number of rotatable bonds is 5. The molecule has 4 aromatic carbocycles. The molecule has 6 rings (SSSR count). The first-order valence-corrected chi connectivity index (χ1v) is 15.8. The maximum atomic E-state index is 11.0. The highest BCUT2D eigenvalue weighted by molar-refractivity contribution is 5.85. The molecule has 0 fully saturated rings. The van der Waals surface area contributed by atoms with Gasteiger partial charge in [0.2, 0.25) is 0 Å². The Morgan fingerprint density at radius 2 is 1.58 bits per heavy atom. The Morgan fingerprint density at radius 1 is 0.800 bits per heavy atom. The summed E-state index contributed by atoms with van der Waals surface area (Å²) in [6, 6.07) is 31.5. The molecule has 0 bridgehead atoms. The van der Waals surface area contributed by atoms with Gasteiger partial charge in [-0.3, -0.25) is 14.1 Å². The number of phenolic OH excluding ortho intramolecular Hbond substituents is 1. The number of aryl methyl sites for hydroxylation is 2. The van der Waals surface area contributed by atoms with Crippen LogP contribution in [0.1, 0.15) is 63.8 Å². The van der Waals surface area contributed by atoms with Crippen LogP contribution in [0.5, 0.6) is 5.75 Å². The Bertz CT molecular complexity index is 2040. The molecule has 2 heterocycles. The molecule has 0 saturated carbocycles. The van der Waals surface area contributed by atoms with Gasteiger partial charge in [0.05, 0.1) is 22.4 Å². The van der Waals surface area contributed by atoms with E-state index in [0.717, 1.165) is 45.5 Å². The third-order valence-electron chi connectivity index (χ3n) is 8.48. The van der Waals surface area contributed by atoms with Crippen molar-refractivity contribution in [1.82, 2.24) is 9.55 Å². The van der Waals surface area contributed by atoms with E-state index in [-0.39, 0.29) is 16.6 Å². The standard InChI is InChI=1S/C41H43N3O/c1-27-20-21-42-39(38(27)33-18-16-29(22-28(33)2)25-40(3,4)5)30-12-11-13-32(23-30)43-26-44(35-15-10-9-14-34(35)43)36-24-31(41(6,7)8)17-19-37(36)45/h9-24,45H,25H2,1-8H3. The number of aromatic hydroxyl groups is 1. The van der Waals surface area contributed by atoms with Gasteiger partial charge in [0, 0.05) is 11.8 Å². The number of phenols is 1. The quantitative estimate of drug-likeness (QED) is 0.160. The van der Waals surface area contributed by atoms with Crippen LogP contribution < -0.4 is 4.57 Å². The molecule has 4 heteroatoms. The minimum absolute atomic E-state index is 0.0561. The molecule has 45 heavy (non-hydrogen) atoms. The molecule has 0 atom stereocenters. The summed E-state index contributed by atoms with van der Waals surface area (Å²) in [6.45, 7) is 17.8. The lowest BCUT2D eigenvalue weighted by atomic mass is 9.85. The molecule has 0 aliphatic heterocycles. The summed E-state index contributed by atoms with van der Waals surface area (Å²) in [4.78, 5) is 4.95. The first-order valence-electron chi connectivity index (χ1n) is 15.8. The zero-order chi connectivity index (χ0) is 32.1. The maximum absolute atomic E-state index is 11.0. The zero-order valence-electron chi connectivity index (χ0n) is 27.7. The van der Waals surface area contributed by atoms with Crippen molar-refractivity contribution >= 4 is 11.0 Å². The fourth-order valence-corrected chi connectivity index (χ4v) is 6.24. The average Bonchev–Trinajstić information content (AvgIpc) is 3.36. The van der Waals surface area contributed by atoms with Crippen LogP contribution in [0.25, 0.3) is 44.8 Å². The van der Waals surface area contributed by atoms with Crippen LogP contribution in [0.3, 0.4) is 0 Å². The number of nitrogens with zero attached hydrogens (tertiary/aromatic N) is 3. The molecule has 4 nitrogen and oxygen atoms in total. The number of hydrogen-bond donors (Lipinski definition) is 1. The third-order valence-corrected chi connectivity index (χ3v) is 8.48. The maximum Gasteiger partial charge on any atom is 0.269 e. The Morgan fingerprint density at radius 3 is 2.31 bits per heavy atom. The summed E-state index contributed by atoms with van der Waals surface area (Å²) in [5, 5.41) is 11.0. The lowest BCUT2D eigenvalue weighted by Crippen LogP contribution is -2.29. The molecule has 2 aromatic heterocycles. The predicted octanol–water partition coefficient (Wildman–Crippen LogP) is 9.64. The number of pyridine rings is 1. The minimum Gasteiger partial charge on any atom is -0.511 e. The molecule has 6 aromatic rings. The Balaban J connectivity index is 1.48. The van der Waals surface area contributed by atoms with Crippen molar-refractivity contribution in [3.8, 4) is 39.5 Å². The molecule has 228 valence electrons. The first kappa shape index (κ1) is 30.3. The summed E-state index contributed by atoms with van der Waals surface area (Å²) >= 11 is 0. The predicted molar refractivity (Wildman–Crippen MR) is 185 cm³/mol. The second-order valence-electron chi connectivity index (χ2n) is 14.5. The van der Waals surface area contributed by atoms with Gasteiger partial charge in [-0.25, -0.2) is 0 Å². The summed E-state index contributed by atoms with van der Waals surface area (Å²) < 4.78 is 4.04. The second-order valence-corrected chi connectivity index (χ2v) is 14.5. The van der Waals surface area contributed by atoms with Crippen molar-refractivity contribution in [2.45, 2.75) is 67.2 Å². The van der Waals surface area contributed by atoms with Crippen LogP contribution in [0.2, 0.25) is 0 Å². The summed E-state index contributed by atoms with van der Waals surface area (Å²) in [5.41, 5.74) is 13.2. The van der Waals surface area contributed by atoms with Crippen molar-refractivity contribution in [2.24, 2.45) is 5.41 Å². The summed E-state index contributed by atoms with van der Waals surface area (Å²) in [7, 11) is 0. The van der Waals surface area contributed by atoms with E-state index >= 15 is 0 Å². The molecule has 0 aliphatic carbocycles. The number of imidazole rings is 1. The lowest BCUT2D eigenvalue weighted by molar-refractivity contribution is -0.572. The van der Waals surface area contributed by atoms with Crippen molar-refractivity contribution in [3.05, 3.63) is 126 Å².